The lowest BCUT2D eigenvalue weighted by atomic mass is 10.1. The molecule has 1 saturated heterocycles. The summed E-state index contributed by atoms with van der Waals surface area (Å²) in [5.74, 6) is -0.0683. The molecule has 0 unspecified atom stereocenters. The molecule has 1 fully saturated rings. The molecule has 98 valence electrons. The quantitative estimate of drug-likeness (QED) is 0.866. The molecule has 1 N–H and O–H groups in total. The van der Waals surface area contributed by atoms with Gasteiger partial charge in [0.1, 0.15) is 6.23 Å². The van der Waals surface area contributed by atoms with Crippen LogP contribution < -0.4 is 0 Å². The number of hydrogen-bond acceptors (Lipinski definition) is 3. The molecular weight excluding hydrogens is 228 g/mol. The van der Waals surface area contributed by atoms with Crippen molar-refractivity contribution in [2.75, 3.05) is 6.54 Å². The van der Waals surface area contributed by atoms with Crippen LogP contribution in [0.15, 0.2) is 30.3 Å². The molecule has 4 nitrogen and oxygen atoms in total. The highest BCUT2D eigenvalue weighted by Gasteiger charge is 2.40. The van der Waals surface area contributed by atoms with Gasteiger partial charge in [0.05, 0.1) is 0 Å². The first-order valence-electron chi connectivity index (χ1n) is 6.35. The third-order valence-electron chi connectivity index (χ3n) is 3.34. The van der Waals surface area contributed by atoms with Gasteiger partial charge in [-0.3, -0.25) is 4.79 Å². The molecule has 0 aromatic heterocycles. The summed E-state index contributed by atoms with van der Waals surface area (Å²) >= 11 is 0. The number of rotatable bonds is 2. The van der Waals surface area contributed by atoms with Crippen LogP contribution in [-0.2, 0) is 0 Å². The van der Waals surface area contributed by atoms with Gasteiger partial charge >= 0.3 is 0 Å². The molecule has 4 heteroatoms. The highest BCUT2D eigenvalue weighted by molar-refractivity contribution is 5.94. The van der Waals surface area contributed by atoms with E-state index >= 15 is 0 Å². The third-order valence-corrected chi connectivity index (χ3v) is 3.34. The van der Waals surface area contributed by atoms with Crippen LogP contribution >= 0.6 is 0 Å². The second-order valence-electron chi connectivity index (χ2n) is 5.12. The van der Waals surface area contributed by atoms with E-state index in [2.05, 4.69) is 0 Å². The zero-order valence-electron chi connectivity index (χ0n) is 11.1. The molecule has 2 atom stereocenters. The lowest BCUT2D eigenvalue weighted by Gasteiger charge is -2.32. The lowest BCUT2D eigenvalue weighted by Crippen LogP contribution is -2.48. The van der Waals surface area contributed by atoms with Gasteiger partial charge in [0, 0.05) is 24.1 Å². The number of aliphatic hydroxyl groups is 1. The Labute approximate surface area is 108 Å². The summed E-state index contributed by atoms with van der Waals surface area (Å²) in [7, 11) is 0. The second-order valence-corrected chi connectivity index (χ2v) is 5.12. The first-order chi connectivity index (χ1) is 8.52. The molecule has 0 spiro atoms. The largest absolute Gasteiger partial charge is 0.372 e. The van der Waals surface area contributed by atoms with Crippen molar-refractivity contribution in [3.63, 3.8) is 0 Å². The fourth-order valence-electron chi connectivity index (χ4n) is 2.28. The zero-order valence-corrected chi connectivity index (χ0v) is 11.1. The molecule has 0 radical (unpaired) electrons. The Hall–Kier alpha value is -1.39. The predicted octanol–water partition coefficient (Wildman–Crippen LogP) is 1.72. The number of nitrogens with zero attached hydrogens (tertiary/aromatic N) is 2. The minimum absolute atomic E-state index is 0.0695. The van der Waals surface area contributed by atoms with Crippen molar-refractivity contribution in [3.05, 3.63) is 35.9 Å². The minimum atomic E-state index is -0.736. The van der Waals surface area contributed by atoms with E-state index in [1.807, 2.05) is 44.0 Å². The Morgan fingerprint density at radius 3 is 2.50 bits per heavy atom. The maximum Gasteiger partial charge on any atom is 0.270 e. The summed E-state index contributed by atoms with van der Waals surface area (Å²) < 4.78 is 0. The fraction of sp³-hybridized carbons (Fsp3) is 0.500. The summed E-state index contributed by atoms with van der Waals surface area (Å²) in [6.45, 7) is 6.71. The van der Waals surface area contributed by atoms with Crippen LogP contribution in [0.3, 0.4) is 0 Å². The molecule has 1 aliphatic heterocycles. The van der Waals surface area contributed by atoms with Gasteiger partial charge in [-0.05, 0) is 26.0 Å². The summed E-state index contributed by atoms with van der Waals surface area (Å²) in [6.07, 6.45) is -0.736. The van der Waals surface area contributed by atoms with Gasteiger partial charge < -0.3 is 5.11 Å². The monoisotopic (exact) mass is 248 g/mol. The first-order valence-corrected chi connectivity index (χ1v) is 6.35. The predicted molar refractivity (Wildman–Crippen MR) is 69.6 cm³/mol. The van der Waals surface area contributed by atoms with Crippen molar-refractivity contribution in [1.29, 1.82) is 0 Å². The number of carbonyl (C=O) groups excluding carboxylic acids is 1. The van der Waals surface area contributed by atoms with Gasteiger partial charge in [0.15, 0.2) is 0 Å². The van der Waals surface area contributed by atoms with Crippen molar-refractivity contribution in [3.8, 4) is 0 Å². The van der Waals surface area contributed by atoms with E-state index in [9.17, 15) is 9.90 Å². The van der Waals surface area contributed by atoms with Gasteiger partial charge in [-0.2, -0.15) is 0 Å². The van der Waals surface area contributed by atoms with Crippen LogP contribution in [0.1, 0.15) is 31.1 Å². The van der Waals surface area contributed by atoms with Gasteiger partial charge in [-0.15, -0.1) is 0 Å². The number of benzene rings is 1. The fourth-order valence-corrected chi connectivity index (χ4v) is 2.28. The Morgan fingerprint density at radius 1 is 1.33 bits per heavy atom. The highest BCUT2D eigenvalue weighted by atomic mass is 16.3. The molecule has 1 amide bonds. The van der Waals surface area contributed by atoms with E-state index in [0.717, 1.165) is 0 Å². The molecule has 0 aliphatic carbocycles. The molecule has 18 heavy (non-hydrogen) atoms. The molecule has 0 saturated carbocycles. The topological polar surface area (TPSA) is 43.8 Å². The summed E-state index contributed by atoms with van der Waals surface area (Å²) in [5.41, 5.74) is 0.608. The standard InChI is InChI=1S/C14H20N2O2/c1-10(2)15-9-11(3)13(17)16(15)14(18)12-7-5-4-6-8-12/h4-8,10-11,13,17H,9H2,1-3H3/t11-,13+/m0/s1. The van der Waals surface area contributed by atoms with Crippen LogP contribution in [0, 0.1) is 5.92 Å². The maximum atomic E-state index is 12.4. The van der Waals surface area contributed by atoms with Crippen LogP contribution in [0.5, 0.6) is 0 Å². The van der Waals surface area contributed by atoms with E-state index in [0.29, 0.717) is 12.1 Å². The van der Waals surface area contributed by atoms with Crippen LogP contribution in [0.4, 0.5) is 0 Å². The molecule has 1 aromatic carbocycles. The Bertz CT molecular complexity index is 419. The lowest BCUT2D eigenvalue weighted by molar-refractivity contribution is -0.0741. The Morgan fingerprint density at radius 2 is 1.94 bits per heavy atom. The van der Waals surface area contributed by atoms with Gasteiger partial charge in [0.25, 0.3) is 5.91 Å². The molecule has 2 rings (SSSR count). The third kappa shape index (κ3) is 2.26. The molecule has 1 heterocycles. The average molecular weight is 248 g/mol. The van der Waals surface area contributed by atoms with Gasteiger partial charge in [-0.25, -0.2) is 10.0 Å². The number of amides is 1. The van der Waals surface area contributed by atoms with E-state index in [-0.39, 0.29) is 17.9 Å². The van der Waals surface area contributed by atoms with Gasteiger partial charge in [0.2, 0.25) is 0 Å². The van der Waals surface area contributed by atoms with E-state index in [1.165, 1.54) is 5.01 Å². The van der Waals surface area contributed by atoms with Crippen LogP contribution in [-0.4, -0.2) is 39.8 Å². The van der Waals surface area contributed by atoms with E-state index < -0.39 is 6.23 Å². The molecule has 0 bridgehead atoms. The average Bonchev–Trinajstić information content (AvgIpc) is 2.66. The number of hydrogen-bond donors (Lipinski definition) is 1. The first kappa shape index (κ1) is 13.1. The van der Waals surface area contributed by atoms with Crippen molar-refractivity contribution in [2.45, 2.75) is 33.0 Å². The molecule has 1 aliphatic rings. The van der Waals surface area contributed by atoms with Crippen LogP contribution in [0.25, 0.3) is 0 Å². The van der Waals surface area contributed by atoms with Crippen molar-refractivity contribution in [1.82, 2.24) is 10.0 Å². The number of carbonyl (C=O) groups is 1. The Kier molecular flexibility index (Phi) is 3.68. The van der Waals surface area contributed by atoms with Gasteiger partial charge in [-0.1, -0.05) is 25.1 Å². The summed E-state index contributed by atoms with van der Waals surface area (Å²) in [5, 5.41) is 13.6. The molecular formula is C14H20N2O2. The van der Waals surface area contributed by atoms with E-state index in [4.69, 9.17) is 0 Å². The number of hydrazine groups is 1. The molecule has 1 aromatic rings. The number of aliphatic hydroxyl groups excluding tert-OH is 1. The Balaban J connectivity index is 2.27. The summed E-state index contributed by atoms with van der Waals surface area (Å²) in [4.78, 5) is 12.4. The smallest absolute Gasteiger partial charge is 0.270 e. The highest BCUT2D eigenvalue weighted by Crippen LogP contribution is 2.26. The summed E-state index contributed by atoms with van der Waals surface area (Å²) in [6, 6.07) is 9.28. The van der Waals surface area contributed by atoms with E-state index in [1.54, 1.807) is 12.1 Å². The minimum Gasteiger partial charge on any atom is -0.372 e. The van der Waals surface area contributed by atoms with Crippen LogP contribution in [0.2, 0.25) is 0 Å². The zero-order chi connectivity index (χ0) is 13.3. The SMILES string of the molecule is CC(C)N1C[C@H](C)[C@@H](O)N1C(=O)c1ccccc1. The van der Waals surface area contributed by atoms with Crippen molar-refractivity contribution < 1.29 is 9.90 Å². The normalized spacial score (nSPS) is 24.8. The maximum absolute atomic E-state index is 12.4. The van der Waals surface area contributed by atoms with Crippen molar-refractivity contribution in [2.24, 2.45) is 5.92 Å². The van der Waals surface area contributed by atoms with Crippen molar-refractivity contribution >= 4 is 5.91 Å². The second kappa shape index (κ2) is 5.08.